The van der Waals surface area contributed by atoms with Crippen molar-refractivity contribution in [3.63, 3.8) is 0 Å². The summed E-state index contributed by atoms with van der Waals surface area (Å²) in [6.45, 7) is 7.46. The van der Waals surface area contributed by atoms with Crippen LogP contribution >= 0.6 is 0 Å². The first-order chi connectivity index (χ1) is 14.3. The Morgan fingerprint density at radius 3 is 2.41 bits per heavy atom. The molecule has 2 fully saturated rings. The van der Waals surface area contributed by atoms with E-state index in [0.29, 0.717) is 6.54 Å². The SMILES string of the molecule is CC[C@@H](c1nnnn1Cc1ccc(OC)cc1)N1CCN(C2CCCCC2)CC1. The van der Waals surface area contributed by atoms with Crippen LogP contribution in [0.2, 0.25) is 0 Å². The molecule has 2 heterocycles. The molecule has 4 rings (SSSR count). The predicted molar refractivity (Wildman–Crippen MR) is 113 cm³/mol. The van der Waals surface area contributed by atoms with Gasteiger partial charge in [-0.05, 0) is 47.4 Å². The van der Waals surface area contributed by atoms with Gasteiger partial charge in [-0.15, -0.1) is 5.10 Å². The summed E-state index contributed by atoms with van der Waals surface area (Å²) in [5.74, 6) is 1.85. The summed E-state index contributed by atoms with van der Waals surface area (Å²) in [5, 5.41) is 12.7. The maximum atomic E-state index is 5.26. The van der Waals surface area contributed by atoms with E-state index in [2.05, 4.69) is 44.4 Å². The number of benzene rings is 1. The Hall–Kier alpha value is -1.99. The highest BCUT2D eigenvalue weighted by atomic mass is 16.5. The van der Waals surface area contributed by atoms with Crippen LogP contribution in [-0.2, 0) is 6.54 Å². The van der Waals surface area contributed by atoms with Crippen LogP contribution in [0, 0.1) is 0 Å². The molecule has 2 aliphatic rings. The van der Waals surface area contributed by atoms with Crippen molar-refractivity contribution < 1.29 is 4.74 Å². The van der Waals surface area contributed by atoms with Gasteiger partial charge in [-0.2, -0.15) is 0 Å². The average molecular weight is 399 g/mol. The minimum absolute atomic E-state index is 0.275. The highest BCUT2D eigenvalue weighted by Crippen LogP contribution is 2.27. The summed E-state index contributed by atoms with van der Waals surface area (Å²) in [4.78, 5) is 5.30. The van der Waals surface area contributed by atoms with Crippen LogP contribution in [0.4, 0.5) is 0 Å². The van der Waals surface area contributed by atoms with Gasteiger partial charge in [0, 0.05) is 32.2 Å². The van der Waals surface area contributed by atoms with Gasteiger partial charge in [0.2, 0.25) is 0 Å². The average Bonchev–Trinajstić information content (AvgIpc) is 3.24. The third-order valence-electron chi connectivity index (χ3n) is 6.62. The molecule has 0 spiro atoms. The van der Waals surface area contributed by atoms with Crippen LogP contribution in [0.5, 0.6) is 5.75 Å². The largest absolute Gasteiger partial charge is 0.497 e. The Labute approximate surface area is 174 Å². The van der Waals surface area contributed by atoms with Crippen LogP contribution in [0.3, 0.4) is 0 Å². The van der Waals surface area contributed by atoms with Crippen LogP contribution in [0.15, 0.2) is 24.3 Å². The molecule has 0 bridgehead atoms. The molecule has 7 nitrogen and oxygen atoms in total. The van der Waals surface area contributed by atoms with Gasteiger partial charge in [0.25, 0.3) is 0 Å². The number of nitrogens with zero attached hydrogens (tertiary/aromatic N) is 6. The molecule has 0 unspecified atom stereocenters. The number of aromatic nitrogens is 4. The van der Waals surface area contributed by atoms with E-state index in [1.165, 1.54) is 50.8 Å². The molecule has 0 radical (unpaired) electrons. The van der Waals surface area contributed by atoms with Gasteiger partial charge < -0.3 is 4.74 Å². The lowest BCUT2D eigenvalue weighted by atomic mass is 9.93. The van der Waals surface area contributed by atoms with E-state index in [1.54, 1.807) is 7.11 Å². The summed E-state index contributed by atoms with van der Waals surface area (Å²) < 4.78 is 7.22. The summed E-state index contributed by atoms with van der Waals surface area (Å²) in [5.41, 5.74) is 1.18. The van der Waals surface area contributed by atoms with Crippen LogP contribution in [0.25, 0.3) is 0 Å². The van der Waals surface area contributed by atoms with E-state index in [0.717, 1.165) is 37.1 Å². The zero-order valence-electron chi connectivity index (χ0n) is 17.8. The fourth-order valence-corrected chi connectivity index (χ4v) is 4.93. The smallest absolute Gasteiger partial charge is 0.168 e. The molecule has 1 saturated heterocycles. The fourth-order valence-electron chi connectivity index (χ4n) is 4.93. The molecule has 29 heavy (non-hydrogen) atoms. The summed E-state index contributed by atoms with van der Waals surface area (Å²) in [6.07, 6.45) is 8.03. The molecule has 1 saturated carbocycles. The van der Waals surface area contributed by atoms with Gasteiger partial charge in [0.05, 0.1) is 19.7 Å². The molecular formula is C22H34N6O. The third kappa shape index (κ3) is 4.78. The van der Waals surface area contributed by atoms with Crippen LogP contribution in [-0.4, -0.2) is 69.3 Å². The maximum absolute atomic E-state index is 5.26. The summed E-state index contributed by atoms with van der Waals surface area (Å²) in [7, 11) is 1.69. The molecule has 0 amide bonds. The molecule has 1 aliphatic carbocycles. The highest BCUT2D eigenvalue weighted by Gasteiger charge is 2.30. The number of piperazine rings is 1. The van der Waals surface area contributed by atoms with Crippen molar-refractivity contribution in [1.29, 1.82) is 0 Å². The number of hydrogen-bond acceptors (Lipinski definition) is 6. The van der Waals surface area contributed by atoms with Crippen molar-refractivity contribution >= 4 is 0 Å². The second-order valence-electron chi connectivity index (χ2n) is 8.33. The Bertz CT molecular complexity index is 747. The summed E-state index contributed by atoms with van der Waals surface area (Å²) in [6, 6.07) is 9.22. The monoisotopic (exact) mass is 398 g/mol. The molecule has 1 atom stereocenters. The van der Waals surface area contributed by atoms with E-state index < -0.39 is 0 Å². The Kier molecular flexibility index (Phi) is 6.77. The number of rotatable bonds is 7. The first kappa shape index (κ1) is 20.3. The van der Waals surface area contributed by atoms with E-state index in [1.807, 2.05) is 16.8 Å². The number of ether oxygens (including phenoxy) is 1. The van der Waals surface area contributed by atoms with Crippen molar-refractivity contribution in [3.05, 3.63) is 35.7 Å². The number of hydrogen-bond donors (Lipinski definition) is 0. The third-order valence-corrected chi connectivity index (χ3v) is 6.62. The molecule has 1 aliphatic heterocycles. The normalized spacial score (nSPS) is 20.6. The lowest BCUT2D eigenvalue weighted by molar-refractivity contribution is 0.0516. The first-order valence-electron chi connectivity index (χ1n) is 11.2. The lowest BCUT2D eigenvalue weighted by Crippen LogP contribution is -2.51. The molecule has 7 heteroatoms. The summed E-state index contributed by atoms with van der Waals surface area (Å²) >= 11 is 0. The van der Waals surface area contributed by atoms with Gasteiger partial charge in [0.1, 0.15) is 5.75 Å². The first-order valence-corrected chi connectivity index (χ1v) is 11.2. The zero-order chi connectivity index (χ0) is 20.1. The number of methoxy groups -OCH3 is 1. The molecule has 158 valence electrons. The van der Waals surface area contributed by atoms with Crippen molar-refractivity contribution in [2.75, 3.05) is 33.3 Å². The second-order valence-corrected chi connectivity index (χ2v) is 8.33. The van der Waals surface area contributed by atoms with Crippen molar-refractivity contribution in [2.45, 2.75) is 64.1 Å². The van der Waals surface area contributed by atoms with Crippen molar-refractivity contribution in [2.24, 2.45) is 0 Å². The molecular weight excluding hydrogens is 364 g/mol. The van der Waals surface area contributed by atoms with Gasteiger partial charge in [-0.25, -0.2) is 4.68 Å². The Morgan fingerprint density at radius 1 is 1.03 bits per heavy atom. The molecule has 0 N–H and O–H groups in total. The molecule has 1 aromatic carbocycles. The minimum Gasteiger partial charge on any atom is -0.497 e. The van der Waals surface area contributed by atoms with Gasteiger partial charge >= 0.3 is 0 Å². The maximum Gasteiger partial charge on any atom is 0.168 e. The predicted octanol–water partition coefficient (Wildman–Crippen LogP) is 3.13. The number of tetrazole rings is 1. The van der Waals surface area contributed by atoms with Crippen molar-refractivity contribution in [3.8, 4) is 5.75 Å². The quantitative estimate of drug-likeness (QED) is 0.714. The molecule has 2 aromatic rings. The lowest BCUT2D eigenvalue weighted by Gasteiger charge is -2.42. The topological polar surface area (TPSA) is 59.3 Å². The van der Waals surface area contributed by atoms with Crippen LogP contribution < -0.4 is 4.74 Å². The molecule has 1 aromatic heterocycles. The second kappa shape index (κ2) is 9.67. The van der Waals surface area contributed by atoms with Crippen molar-refractivity contribution in [1.82, 2.24) is 30.0 Å². The van der Waals surface area contributed by atoms with E-state index >= 15 is 0 Å². The van der Waals surface area contributed by atoms with E-state index in [9.17, 15) is 0 Å². The minimum atomic E-state index is 0.275. The standard InChI is InChI=1S/C22H34N6O/c1-3-21(27-15-13-26(14-16-27)19-7-5-4-6-8-19)22-23-24-25-28(22)17-18-9-11-20(29-2)12-10-18/h9-12,19,21H,3-8,13-17H2,1-2H3/t21-/m0/s1. The van der Waals surface area contributed by atoms with Gasteiger partial charge in [0.15, 0.2) is 5.82 Å². The van der Waals surface area contributed by atoms with E-state index in [4.69, 9.17) is 4.74 Å². The Balaban J connectivity index is 1.40. The Morgan fingerprint density at radius 2 is 1.76 bits per heavy atom. The van der Waals surface area contributed by atoms with Crippen LogP contribution in [0.1, 0.15) is 62.9 Å². The highest BCUT2D eigenvalue weighted by molar-refractivity contribution is 5.27. The zero-order valence-corrected chi connectivity index (χ0v) is 17.8. The fraction of sp³-hybridized carbons (Fsp3) is 0.682. The van der Waals surface area contributed by atoms with Gasteiger partial charge in [-0.1, -0.05) is 38.3 Å². The van der Waals surface area contributed by atoms with Gasteiger partial charge in [-0.3, -0.25) is 9.80 Å². The van der Waals surface area contributed by atoms with E-state index in [-0.39, 0.29) is 6.04 Å².